The number of amides is 1. The second-order valence-electron chi connectivity index (χ2n) is 7.12. The predicted octanol–water partition coefficient (Wildman–Crippen LogP) is 2.82. The molecule has 2 aromatic carbocycles. The molecule has 0 aliphatic carbocycles. The van der Waals surface area contributed by atoms with Crippen LogP contribution in [0.2, 0.25) is 0 Å². The van der Waals surface area contributed by atoms with Crippen LogP contribution in [0.25, 0.3) is 11.0 Å². The van der Waals surface area contributed by atoms with Crippen LogP contribution >= 0.6 is 0 Å². The first kappa shape index (κ1) is 17.4. The van der Waals surface area contributed by atoms with Crippen molar-refractivity contribution in [1.82, 2.24) is 29.9 Å². The molecule has 2 aromatic heterocycles. The minimum atomic E-state index is 0.0248. The molecule has 0 radical (unpaired) electrons. The number of para-hydroxylation sites is 1. The van der Waals surface area contributed by atoms with Gasteiger partial charge in [0, 0.05) is 18.7 Å². The maximum atomic E-state index is 12.9. The van der Waals surface area contributed by atoms with Crippen LogP contribution in [0.15, 0.2) is 61.1 Å². The molecule has 8 nitrogen and oxygen atoms in total. The van der Waals surface area contributed by atoms with Crippen LogP contribution < -0.4 is 4.74 Å². The van der Waals surface area contributed by atoms with E-state index in [1.807, 2.05) is 64.3 Å². The van der Waals surface area contributed by atoms with E-state index in [4.69, 9.17) is 4.74 Å². The van der Waals surface area contributed by atoms with E-state index in [2.05, 4.69) is 20.3 Å². The first-order valence-electron chi connectivity index (χ1n) is 9.57. The number of nitrogens with zero attached hydrogens (tertiary/aromatic N) is 5. The highest BCUT2D eigenvalue weighted by molar-refractivity contribution is 5.97. The van der Waals surface area contributed by atoms with E-state index in [1.54, 1.807) is 6.33 Å². The number of fused-ring (bicyclic) bond motifs is 1. The molecule has 1 N–H and O–H groups in total. The van der Waals surface area contributed by atoms with E-state index in [0.717, 1.165) is 28.9 Å². The van der Waals surface area contributed by atoms with Gasteiger partial charge in [-0.05, 0) is 36.8 Å². The van der Waals surface area contributed by atoms with E-state index in [1.165, 1.54) is 0 Å². The lowest BCUT2D eigenvalue weighted by molar-refractivity contribution is 0.0787. The number of likely N-dealkylation sites (tertiary alicyclic amines) is 1. The van der Waals surface area contributed by atoms with Gasteiger partial charge in [0.25, 0.3) is 5.91 Å². The summed E-state index contributed by atoms with van der Waals surface area (Å²) < 4.78 is 7.57. The Morgan fingerprint density at radius 3 is 3.00 bits per heavy atom. The number of benzene rings is 2. The molecule has 3 heterocycles. The molecular formula is C21H20N6O2. The number of aromatic amines is 1. The third-order valence-corrected chi connectivity index (χ3v) is 5.18. The number of aromatic nitrogens is 5. The summed E-state index contributed by atoms with van der Waals surface area (Å²) in [6, 6.07) is 15.3. The highest BCUT2D eigenvalue weighted by atomic mass is 16.5. The second kappa shape index (κ2) is 7.38. The number of imidazole rings is 1. The van der Waals surface area contributed by atoms with Gasteiger partial charge in [-0.25, -0.2) is 9.67 Å². The molecule has 0 bridgehead atoms. The molecule has 0 saturated carbocycles. The molecule has 8 heteroatoms. The number of rotatable bonds is 5. The van der Waals surface area contributed by atoms with Crippen LogP contribution in [-0.4, -0.2) is 48.9 Å². The number of ether oxygens (including phenoxy) is 1. The maximum absolute atomic E-state index is 12.9. The van der Waals surface area contributed by atoms with Gasteiger partial charge in [0.2, 0.25) is 0 Å². The lowest BCUT2D eigenvalue weighted by Gasteiger charge is -2.16. The van der Waals surface area contributed by atoms with Gasteiger partial charge in [0.05, 0.1) is 29.6 Å². The normalized spacial score (nSPS) is 16.4. The number of nitrogens with one attached hydrogen (secondary N) is 1. The van der Waals surface area contributed by atoms with Crippen molar-refractivity contribution in [3.8, 4) is 5.75 Å². The number of carbonyl (C=O) groups is 1. The van der Waals surface area contributed by atoms with Crippen LogP contribution in [0, 0.1) is 0 Å². The van der Waals surface area contributed by atoms with Gasteiger partial charge in [-0.2, -0.15) is 0 Å². The summed E-state index contributed by atoms with van der Waals surface area (Å²) in [6.45, 7) is 1.67. The van der Waals surface area contributed by atoms with Crippen molar-refractivity contribution in [1.29, 1.82) is 0 Å². The third-order valence-electron chi connectivity index (χ3n) is 5.18. The van der Waals surface area contributed by atoms with Gasteiger partial charge in [-0.1, -0.05) is 23.4 Å². The first-order chi connectivity index (χ1) is 14.3. The minimum Gasteiger partial charge on any atom is -0.487 e. The van der Waals surface area contributed by atoms with Crippen molar-refractivity contribution in [2.24, 2.45) is 0 Å². The van der Waals surface area contributed by atoms with Crippen LogP contribution in [-0.2, 0) is 6.61 Å². The van der Waals surface area contributed by atoms with E-state index in [-0.39, 0.29) is 11.9 Å². The van der Waals surface area contributed by atoms with Crippen LogP contribution in [0.1, 0.15) is 28.5 Å². The molecule has 1 fully saturated rings. The quantitative estimate of drug-likeness (QED) is 0.568. The molecule has 1 aliphatic rings. The average molecular weight is 388 g/mol. The van der Waals surface area contributed by atoms with Crippen LogP contribution in [0.3, 0.4) is 0 Å². The molecular weight excluding hydrogens is 368 g/mol. The molecule has 1 amide bonds. The van der Waals surface area contributed by atoms with Gasteiger partial charge in [-0.3, -0.25) is 4.79 Å². The fourth-order valence-electron chi connectivity index (χ4n) is 3.63. The Labute approximate surface area is 167 Å². The van der Waals surface area contributed by atoms with E-state index >= 15 is 0 Å². The Balaban J connectivity index is 1.22. The van der Waals surface area contributed by atoms with Gasteiger partial charge in [0.15, 0.2) is 0 Å². The molecule has 4 aromatic rings. The van der Waals surface area contributed by atoms with Gasteiger partial charge in [0.1, 0.15) is 18.1 Å². The zero-order valence-electron chi connectivity index (χ0n) is 15.7. The standard InChI is InChI=1S/C21H20N6O2/c28-21(15-6-7-19-20(10-15)23-14-22-19)26-9-8-17(12-26)27-11-16(24-25-27)13-29-18-4-2-1-3-5-18/h1-7,10-11,14,17H,8-9,12-13H2,(H,22,23). The summed E-state index contributed by atoms with van der Waals surface area (Å²) in [5.41, 5.74) is 3.15. The lowest BCUT2D eigenvalue weighted by atomic mass is 10.2. The largest absolute Gasteiger partial charge is 0.487 e. The molecule has 5 rings (SSSR count). The van der Waals surface area contributed by atoms with Crippen molar-refractivity contribution < 1.29 is 9.53 Å². The predicted molar refractivity (Wildman–Crippen MR) is 106 cm³/mol. The number of hydrogen-bond acceptors (Lipinski definition) is 5. The Bertz CT molecular complexity index is 1140. The summed E-state index contributed by atoms with van der Waals surface area (Å²) >= 11 is 0. The zero-order chi connectivity index (χ0) is 19.6. The Hall–Kier alpha value is -3.68. The Morgan fingerprint density at radius 2 is 2.10 bits per heavy atom. The summed E-state index contributed by atoms with van der Waals surface area (Å²) in [7, 11) is 0. The second-order valence-corrected chi connectivity index (χ2v) is 7.12. The molecule has 1 aliphatic heterocycles. The van der Waals surface area contributed by atoms with Gasteiger partial charge < -0.3 is 14.6 Å². The van der Waals surface area contributed by atoms with Crippen molar-refractivity contribution >= 4 is 16.9 Å². The molecule has 1 unspecified atom stereocenters. The Kier molecular flexibility index (Phi) is 4.44. The number of H-pyrrole nitrogens is 1. The maximum Gasteiger partial charge on any atom is 0.254 e. The average Bonchev–Trinajstić information content (AvgIpc) is 3.52. The molecule has 146 valence electrons. The third kappa shape index (κ3) is 3.56. The molecule has 1 atom stereocenters. The van der Waals surface area contributed by atoms with Crippen molar-refractivity contribution in [3.05, 3.63) is 72.3 Å². The summed E-state index contributed by atoms with van der Waals surface area (Å²) in [6.07, 6.45) is 4.38. The number of carbonyl (C=O) groups excluding carboxylic acids is 1. The smallest absolute Gasteiger partial charge is 0.254 e. The van der Waals surface area contributed by atoms with Gasteiger partial charge in [-0.15, -0.1) is 5.10 Å². The van der Waals surface area contributed by atoms with Crippen molar-refractivity contribution in [2.45, 2.75) is 19.1 Å². The fraction of sp³-hybridized carbons (Fsp3) is 0.238. The van der Waals surface area contributed by atoms with E-state index in [0.29, 0.717) is 25.3 Å². The summed E-state index contributed by atoms with van der Waals surface area (Å²) in [5.74, 6) is 0.825. The first-order valence-corrected chi connectivity index (χ1v) is 9.57. The SMILES string of the molecule is O=C(c1ccc2nc[nH]c2c1)N1CCC(n2cc(COc3ccccc3)nn2)C1. The summed E-state index contributed by atoms with van der Waals surface area (Å²) in [4.78, 5) is 22.0. The van der Waals surface area contributed by atoms with Crippen molar-refractivity contribution in [3.63, 3.8) is 0 Å². The molecule has 29 heavy (non-hydrogen) atoms. The van der Waals surface area contributed by atoms with Crippen molar-refractivity contribution in [2.75, 3.05) is 13.1 Å². The van der Waals surface area contributed by atoms with E-state index < -0.39 is 0 Å². The van der Waals surface area contributed by atoms with Crippen LogP contribution in [0.4, 0.5) is 0 Å². The highest BCUT2D eigenvalue weighted by Crippen LogP contribution is 2.23. The number of hydrogen-bond donors (Lipinski definition) is 1. The van der Waals surface area contributed by atoms with Crippen LogP contribution in [0.5, 0.6) is 5.75 Å². The molecule has 0 spiro atoms. The molecule has 1 saturated heterocycles. The topological polar surface area (TPSA) is 88.9 Å². The fourth-order valence-corrected chi connectivity index (χ4v) is 3.63. The minimum absolute atomic E-state index is 0.0248. The monoisotopic (exact) mass is 388 g/mol. The van der Waals surface area contributed by atoms with Gasteiger partial charge >= 0.3 is 0 Å². The summed E-state index contributed by atoms with van der Waals surface area (Å²) in [5, 5.41) is 8.45. The lowest BCUT2D eigenvalue weighted by Crippen LogP contribution is -2.29. The highest BCUT2D eigenvalue weighted by Gasteiger charge is 2.29. The Morgan fingerprint density at radius 1 is 1.21 bits per heavy atom. The zero-order valence-corrected chi connectivity index (χ0v) is 15.7. The van der Waals surface area contributed by atoms with E-state index in [9.17, 15) is 4.79 Å².